The number of hydrogen-bond acceptors (Lipinski definition) is 4. The summed E-state index contributed by atoms with van der Waals surface area (Å²) in [6, 6.07) is 1.86. The highest BCUT2D eigenvalue weighted by molar-refractivity contribution is 5.93. The van der Waals surface area contributed by atoms with E-state index >= 15 is 0 Å². The number of hydrogen-bond donors (Lipinski definition) is 1. The highest BCUT2D eigenvalue weighted by Gasteiger charge is 2.46. The molecule has 1 aromatic heterocycles. The van der Waals surface area contributed by atoms with Crippen LogP contribution >= 0.6 is 0 Å². The van der Waals surface area contributed by atoms with Gasteiger partial charge in [0, 0.05) is 32.0 Å². The number of carbonyl (C=O) groups is 2. The Labute approximate surface area is 140 Å². The third kappa shape index (κ3) is 2.70. The second kappa shape index (κ2) is 6.20. The van der Waals surface area contributed by atoms with E-state index in [-0.39, 0.29) is 18.0 Å². The zero-order valence-corrected chi connectivity index (χ0v) is 13.6. The van der Waals surface area contributed by atoms with E-state index in [1.54, 1.807) is 11.0 Å². The zero-order chi connectivity index (χ0) is 16.7. The van der Waals surface area contributed by atoms with Crippen molar-refractivity contribution in [1.29, 1.82) is 0 Å². The Morgan fingerprint density at radius 2 is 2.00 bits per heavy atom. The van der Waals surface area contributed by atoms with Crippen LogP contribution in [0.25, 0.3) is 0 Å². The van der Waals surface area contributed by atoms with Crippen molar-refractivity contribution in [3.8, 4) is 0 Å². The van der Waals surface area contributed by atoms with Gasteiger partial charge in [-0.05, 0) is 44.1 Å². The zero-order valence-electron chi connectivity index (χ0n) is 13.6. The van der Waals surface area contributed by atoms with Crippen LogP contribution in [-0.4, -0.2) is 57.5 Å². The van der Waals surface area contributed by atoms with Gasteiger partial charge in [-0.2, -0.15) is 5.10 Å². The maximum atomic E-state index is 12.9. The first-order chi connectivity index (χ1) is 11.6. The molecular weight excluding hydrogens is 310 g/mol. The summed E-state index contributed by atoms with van der Waals surface area (Å²) in [6.07, 6.45) is 6.18. The molecule has 24 heavy (non-hydrogen) atoms. The van der Waals surface area contributed by atoms with Crippen LogP contribution in [0.15, 0.2) is 12.3 Å². The van der Waals surface area contributed by atoms with Crippen LogP contribution in [0.1, 0.15) is 48.6 Å². The lowest BCUT2D eigenvalue weighted by Crippen LogP contribution is -2.57. The van der Waals surface area contributed by atoms with Crippen molar-refractivity contribution >= 4 is 11.9 Å². The van der Waals surface area contributed by atoms with Gasteiger partial charge in [0.1, 0.15) is 5.69 Å². The fourth-order valence-corrected chi connectivity index (χ4v) is 4.45. The number of nitrogens with zero attached hydrogens (tertiary/aromatic N) is 3. The van der Waals surface area contributed by atoms with E-state index in [1.807, 2.05) is 10.9 Å². The van der Waals surface area contributed by atoms with Crippen molar-refractivity contribution < 1.29 is 19.4 Å². The number of amides is 1. The number of aliphatic carboxylic acids is 1. The predicted octanol–water partition coefficient (Wildman–Crippen LogP) is 1.56. The van der Waals surface area contributed by atoms with E-state index in [0.29, 0.717) is 24.6 Å². The number of carboxylic acids is 1. The second-order valence-corrected chi connectivity index (χ2v) is 7.17. The summed E-state index contributed by atoms with van der Waals surface area (Å²) in [6.45, 7) is 2.12. The third-order valence-corrected chi connectivity index (χ3v) is 5.75. The molecule has 3 atom stereocenters. The topological polar surface area (TPSA) is 84.7 Å². The SMILES string of the molecule is O=C(O)C1CC2CCC1N(C(=O)c1ccn(C3CCOCC3)n1)C2. The molecule has 3 unspecified atom stereocenters. The molecule has 7 nitrogen and oxygen atoms in total. The number of piperidine rings is 2. The first-order valence-corrected chi connectivity index (χ1v) is 8.80. The molecule has 1 saturated carbocycles. The van der Waals surface area contributed by atoms with Crippen molar-refractivity contribution in [2.45, 2.75) is 44.2 Å². The Morgan fingerprint density at radius 3 is 2.71 bits per heavy atom. The van der Waals surface area contributed by atoms with E-state index < -0.39 is 11.9 Å². The first-order valence-electron chi connectivity index (χ1n) is 8.80. The Hall–Kier alpha value is -1.89. The van der Waals surface area contributed by atoms with Gasteiger partial charge in [0.2, 0.25) is 0 Å². The molecule has 3 saturated heterocycles. The van der Waals surface area contributed by atoms with Crippen LogP contribution in [0.4, 0.5) is 0 Å². The largest absolute Gasteiger partial charge is 0.481 e. The minimum absolute atomic E-state index is 0.124. The van der Waals surface area contributed by atoms with Crippen molar-refractivity contribution in [3.63, 3.8) is 0 Å². The smallest absolute Gasteiger partial charge is 0.308 e. The normalized spacial score (nSPS) is 30.5. The molecule has 0 spiro atoms. The number of ether oxygens (including phenoxy) is 1. The molecule has 2 bridgehead atoms. The van der Waals surface area contributed by atoms with E-state index in [9.17, 15) is 14.7 Å². The van der Waals surface area contributed by atoms with E-state index in [1.165, 1.54) is 0 Å². The summed E-state index contributed by atoms with van der Waals surface area (Å²) in [4.78, 5) is 26.1. The Morgan fingerprint density at radius 1 is 1.21 bits per heavy atom. The van der Waals surface area contributed by atoms with Crippen molar-refractivity contribution in [1.82, 2.24) is 14.7 Å². The van der Waals surface area contributed by atoms with E-state index in [4.69, 9.17) is 4.74 Å². The fourth-order valence-electron chi connectivity index (χ4n) is 4.45. The lowest BCUT2D eigenvalue weighted by molar-refractivity contribution is -0.148. The van der Waals surface area contributed by atoms with Gasteiger partial charge in [-0.3, -0.25) is 14.3 Å². The average molecular weight is 333 g/mol. The number of fused-ring (bicyclic) bond motifs is 3. The summed E-state index contributed by atoms with van der Waals surface area (Å²) < 4.78 is 7.23. The van der Waals surface area contributed by atoms with Crippen LogP contribution in [0.5, 0.6) is 0 Å². The Kier molecular flexibility index (Phi) is 4.04. The Bertz CT molecular complexity index is 638. The molecule has 3 aliphatic heterocycles. The van der Waals surface area contributed by atoms with Crippen LogP contribution in [0, 0.1) is 11.8 Å². The molecular formula is C17H23N3O4. The van der Waals surface area contributed by atoms with E-state index in [2.05, 4.69) is 5.10 Å². The predicted molar refractivity (Wildman–Crippen MR) is 84.6 cm³/mol. The van der Waals surface area contributed by atoms with Gasteiger partial charge in [-0.25, -0.2) is 0 Å². The van der Waals surface area contributed by atoms with Crippen molar-refractivity contribution in [3.05, 3.63) is 18.0 Å². The van der Waals surface area contributed by atoms with Gasteiger partial charge < -0.3 is 14.7 Å². The van der Waals surface area contributed by atoms with Crippen LogP contribution in [0.3, 0.4) is 0 Å². The molecule has 1 amide bonds. The minimum Gasteiger partial charge on any atom is -0.481 e. The van der Waals surface area contributed by atoms with Gasteiger partial charge in [0.05, 0.1) is 12.0 Å². The van der Waals surface area contributed by atoms with Gasteiger partial charge in [-0.1, -0.05) is 0 Å². The lowest BCUT2D eigenvalue weighted by Gasteiger charge is -2.48. The van der Waals surface area contributed by atoms with Crippen molar-refractivity contribution in [2.75, 3.05) is 19.8 Å². The lowest BCUT2D eigenvalue weighted by atomic mass is 9.72. The molecule has 5 rings (SSSR count). The number of aromatic nitrogens is 2. The van der Waals surface area contributed by atoms with Crippen LogP contribution < -0.4 is 0 Å². The molecule has 1 aliphatic carbocycles. The summed E-state index contributed by atoms with van der Waals surface area (Å²) in [5.41, 5.74) is 0.429. The molecule has 7 heteroatoms. The summed E-state index contributed by atoms with van der Waals surface area (Å²) in [7, 11) is 0. The fraction of sp³-hybridized carbons (Fsp3) is 0.706. The maximum Gasteiger partial charge on any atom is 0.308 e. The molecule has 4 heterocycles. The molecule has 1 N–H and O–H groups in total. The summed E-state index contributed by atoms with van der Waals surface area (Å²) >= 11 is 0. The molecule has 0 aromatic carbocycles. The molecule has 1 aromatic rings. The molecule has 4 fully saturated rings. The number of carbonyl (C=O) groups excluding carboxylic acids is 1. The minimum atomic E-state index is -0.782. The van der Waals surface area contributed by atoms with Crippen LogP contribution in [-0.2, 0) is 9.53 Å². The van der Waals surface area contributed by atoms with Gasteiger partial charge in [-0.15, -0.1) is 0 Å². The van der Waals surface area contributed by atoms with Gasteiger partial charge in [0.25, 0.3) is 5.91 Å². The molecule has 0 radical (unpaired) electrons. The standard InChI is InChI=1S/C17H23N3O4/c21-16(14-3-6-20(18-14)12-4-7-24-8-5-12)19-10-11-1-2-15(19)13(9-11)17(22)23/h3,6,11-13,15H,1-2,4-5,7-10H2,(H,22,23). The number of rotatable bonds is 3. The number of carboxylic acid groups (broad SMARTS) is 1. The summed E-state index contributed by atoms with van der Waals surface area (Å²) in [5, 5.41) is 13.9. The molecule has 130 valence electrons. The molecule has 4 aliphatic rings. The maximum absolute atomic E-state index is 12.9. The second-order valence-electron chi connectivity index (χ2n) is 7.17. The quantitative estimate of drug-likeness (QED) is 0.907. The first kappa shape index (κ1) is 15.6. The van der Waals surface area contributed by atoms with E-state index in [0.717, 1.165) is 38.9 Å². The van der Waals surface area contributed by atoms with Crippen LogP contribution in [0.2, 0.25) is 0 Å². The highest BCUT2D eigenvalue weighted by Crippen LogP contribution is 2.39. The Balaban J connectivity index is 1.51. The van der Waals surface area contributed by atoms with Gasteiger partial charge >= 0.3 is 5.97 Å². The summed E-state index contributed by atoms with van der Waals surface area (Å²) in [5.74, 6) is -1.03. The highest BCUT2D eigenvalue weighted by atomic mass is 16.5. The van der Waals surface area contributed by atoms with Gasteiger partial charge in [0.15, 0.2) is 0 Å². The average Bonchev–Trinajstić information content (AvgIpc) is 3.12. The van der Waals surface area contributed by atoms with Crippen molar-refractivity contribution in [2.24, 2.45) is 11.8 Å². The monoisotopic (exact) mass is 333 g/mol. The third-order valence-electron chi connectivity index (χ3n) is 5.75.